The van der Waals surface area contributed by atoms with Crippen molar-refractivity contribution in [2.45, 2.75) is 13.5 Å². The van der Waals surface area contributed by atoms with Crippen molar-refractivity contribution >= 4 is 40.6 Å². The number of carbonyl (C=O) groups is 2. The van der Waals surface area contributed by atoms with E-state index in [1.807, 2.05) is 61.5 Å². The van der Waals surface area contributed by atoms with Crippen LogP contribution in [-0.4, -0.2) is 42.7 Å². The number of amidine groups is 1. The number of benzene rings is 3. The normalized spacial score (nSPS) is 15.4. The topological polar surface area (TPSA) is 77.4 Å². The smallest absolute Gasteiger partial charge is 0.337 e. The first-order chi connectivity index (χ1) is 17.5. The molecule has 3 aromatic rings. The van der Waals surface area contributed by atoms with Gasteiger partial charge in [-0.25, -0.2) is 9.79 Å². The second kappa shape index (κ2) is 11.6. The molecule has 0 atom stereocenters. The zero-order chi connectivity index (χ0) is 25.5. The highest BCUT2D eigenvalue weighted by molar-refractivity contribution is 8.18. The average Bonchev–Trinajstić information content (AvgIpc) is 3.21. The minimum absolute atomic E-state index is 0.106. The summed E-state index contributed by atoms with van der Waals surface area (Å²) in [5.74, 6) is 1.00. The highest BCUT2D eigenvalue weighted by Crippen LogP contribution is 2.34. The molecule has 0 unspecified atom stereocenters. The predicted octanol–water partition coefficient (Wildman–Crippen LogP) is 5.68. The lowest BCUT2D eigenvalue weighted by atomic mass is 10.2. The average molecular weight is 503 g/mol. The molecule has 3 aromatic carbocycles. The number of esters is 1. The molecule has 36 heavy (non-hydrogen) atoms. The fourth-order valence-electron chi connectivity index (χ4n) is 3.50. The van der Waals surface area contributed by atoms with Crippen LogP contribution in [0.3, 0.4) is 0 Å². The van der Waals surface area contributed by atoms with E-state index in [1.54, 1.807) is 36.3 Å². The number of likely N-dealkylation sites (N-methyl/N-ethyl adjacent to an activating group) is 1. The van der Waals surface area contributed by atoms with E-state index in [0.29, 0.717) is 34.5 Å². The third kappa shape index (κ3) is 5.95. The van der Waals surface area contributed by atoms with Crippen LogP contribution in [0.2, 0.25) is 0 Å². The molecule has 0 spiro atoms. The Morgan fingerprint density at radius 3 is 2.39 bits per heavy atom. The molecule has 0 N–H and O–H groups in total. The minimum Gasteiger partial charge on any atom is -0.497 e. The number of methoxy groups -OCH3 is 2. The summed E-state index contributed by atoms with van der Waals surface area (Å²) in [6.45, 7) is 2.83. The summed E-state index contributed by atoms with van der Waals surface area (Å²) >= 11 is 1.31. The van der Waals surface area contributed by atoms with Gasteiger partial charge in [0.15, 0.2) is 5.17 Å². The lowest BCUT2D eigenvalue weighted by molar-refractivity contribution is -0.122. The van der Waals surface area contributed by atoms with Crippen LogP contribution < -0.4 is 9.47 Å². The fourth-order valence-corrected chi connectivity index (χ4v) is 4.56. The van der Waals surface area contributed by atoms with Crippen molar-refractivity contribution in [3.63, 3.8) is 0 Å². The molecular weight excluding hydrogens is 476 g/mol. The molecule has 1 amide bonds. The number of rotatable bonds is 8. The first-order valence-corrected chi connectivity index (χ1v) is 12.2. The van der Waals surface area contributed by atoms with Crippen LogP contribution in [0.5, 0.6) is 11.5 Å². The van der Waals surface area contributed by atoms with Gasteiger partial charge in [-0.1, -0.05) is 30.3 Å². The van der Waals surface area contributed by atoms with Gasteiger partial charge in [0.1, 0.15) is 18.1 Å². The molecule has 1 aliphatic heterocycles. The van der Waals surface area contributed by atoms with Crippen LogP contribution in [0.15, 0.2) is 82.7 Å². The third-order valence-corrected chi connectivity index (χ3v) is 6.45. The molecule has 0 bridgehead atoms. The zero-order valence-corrected chi connectivity index (χ0v) is 21.1. The van der Waals surface area contributed by atoms with Crippen molar-refractivity contribution in [3.8, 4) is 11.5 Å². The van der Waals surface area contributed by atoms with Gasteiger partial charge >= 0.3 is 5.97 Å². The molecule has 1 heterocycles. The van der Waals surface area contributed by atoms with Crippen molar-refractivity contribution in [3.05, 3.63) is 94.4 Å². The summed E-state index contributed by atoms with van der Waals surface area (Å²) in [5.41, 5.74) is 2.90. The second-order valence-corrected chi connectivity index (χ2v) is 8.81. The molecule has 1 saturated heterocycles. The van der Waals surface area contributed by atoms with Gasteiger partial charge in [0, 0.05) is 6.54 Å². The Bertz CT molecular complexity index is 1300. The summed E-state index contributed by atoms with van der Waals surface area (Å²) < 4.78 is 15.8. The summed E-state index contributed by atoms with van der Waals surface area (Å²) in [4.78, 5) is 31.6. The fraction of sp³-hybridized carbons (Fsp3) is 0.179. The number of amides is 1. The standard InChI is InChI=1S/C28H26N2O5S/c1-4-30-26(31)25(36-28(30)29-22-7-5-6-21(17-22)27(32)34-3)16-19-8-14-24(15-9-19)35-18-20-10-12-23(33-2)13-11-20/h5-17H,4,18H2,1-3H3. The molecule has 7 nitrogen and oxygen atoms in total. The molecule has 0 radical (unpaired) electrons. The highest BCUT2D eigenvalue weighted by Gasteiger charge is 2.32. The monoisotopic (exact) mass is 502 g/mol. The maximum atomic E-state index is 13.0. The first-order valence-electron chi connectivity index (χ1n) is 11.3. The Hall–Kier alpha value is -4.04. The number of hydrogen-bond donors (Lipinski definition) is 0. The van der Waals surface area contributed by atoms with E-state index in [9.17, 15) is 9.59 Å². The van der Waals surface area contributed by atoms with E-state index in [2.05, 4.69) is 4.99 Å². The largest absolute Gasteiger partial charge is 0.497 e. The maximum absolute atomic E-state index is 13.0. The first kappa shape index (κ1) is 25.1. The number of hydrogen-bond acceptors (Lipinski definition) is 7. The number of aliphatic imine (C=N–C) groups is 1. The van der Waals surface area contributed by atoms with Crippen molar-refractivity contribution in [1.82, 2.24) is 4.90 Å². The summed E-state index contributed by atoms with van der Waals surface area (Å²) in [6.07, 6.45) is 1.84. The van der Waals surface area contributed by atoms with Crippen LogP contribution in [0.25, 0.3) is 6.08 Å². The van der Waals surface area contributed by atoms with E-state index >= 15 is 0 Å². The van der Waals surface area contributed by atoms with E-state index in [1.165, 1.54) is 18.9 Å². The number of nitrogens with zero attached hydrogens (tertiary/aromatic N) is 2. The van der Waals surface area contributed by atoms with Crippen LogP contribution in [0.1, 0.15) is 28.4 Å². The van der Waals surface area contributed by atoms with Crippen LogP contribution in [-0.2, 0) is 16.1 Å². The van der Waals surface area contributed by atoms with Crippen molar-refractivity contribution in [2.24, 2.45) is 4.99 Å². The lowest BCUT2D eigenvalue weighted by Crippen LogP contribution is -2.28. The molecule has 0 aliphatic carbocycles. The van der Waals surface area contributed by atoms with Crippen molar-refractivity contribution in [2.75, 3.05) is 20.8 Å². The van der Waals surface area contributed by atoms with Gasteiger partial charge in [-0.05, 0) is 78.4 Å². The predicted molar refractivity (Wildman–Crippen MR) is 142 cm³/mol. The van der Waals surface area contributed by atoms with Gasteiger partial charge < -0.3 is 14.2 Å². The Labute approximate surface area is 214 Å². The molecule has 1 fully saturated rings. The van der Waals surface area contributed by atoms with Crippen LogP contribution >= 0.6 is 11.8 Å². The molecule has 4 rings (SSSR count). The van der Waals surface area contributed by atoms with E-state index < -0.39 is 5.97 Å². The van der Waals surface area contributed by atoms with Gasteiger partial charge in [-0.15, -0.1) is 0 Å². The van der Waals surface area contributed by atoms with Gasteiger partial charge in [0.25, 0.3) is 5.91 Å². The van der Waals surface area contributed by atoms with E-state index in [-0.39, 0.29) is 5.91 Å². The molecular formula is C28H26N2O5S. The second-order valence-electron chi connectivity index (χ2n) is 7.80. The van der Waals surface area contributed by atoms with Crippen molar-refractivity contribution in [1.29, 1.82) is 0 Å². The van der Waals surface area contributed by atoms with Gasteiger partial charge in [0.05, 0.1) is 30.4 Å². The molecule has 0 aromatic heterocycles. The van der Waals surface area contributed by atoms with Crippen LogP contribution in [0.4, 0.5) is 5.69 Å². The highest BCUT2D eigenvalue weighted by atomic mass is 32.2. The Balaban J connectivity index is 1.46. The van der Waals surface area contributed by atoms with Crippen molar-refractivity contribution < 1.29 is 23.8 Å². The van der Waals surface area contributed by atoms with Gasteiger partial charge in [0.2, 0.25) is 0 Å². The summed E-state index contributed by atoms with van der Waals surface area (Å²) in [5, 5.41) is 0.565. The van der Waals surface area contributed by atoms with E-state index in [4.69, 9.17) is 14.2 Å². The van der Waals surface area contributed by atoms with Gasteiger partial charge in [-0.3, -0.25) is 9.69 Å². The quantitative estimate of drug-likeness (QED) is 0.291. The van der Waals surface area contributed by atoms with Crippen LogP contribution in [0, 0.1) is 0 Å². The maximum Gasteiger partial charge on any atom is 0.337 e. The zero-order valence-electron chi connectivity index (χ0n) is 20.3. The molecule has 1 aliphatic rings. The van der Waals surface area contributed by atoms with E-state index in [0.717, 1.165) is 22.6 Å². The Kier molecular flexibility index (Phi) is 8.07. The molecule has 184 valence electrons. The Morgan fingerprint density at radius 1 is 1.00 bits per heavy atom. The number of ether oxygens (including phenoxy) is 3. The molecule has 8 heteroatoms. The summed E-state index contributed by atoms with van der Waals surface area (Å²) in [7, 11) is 2.97. The van der Waals surface area contributed by atoms with Gasteiger partial charge in [-0.2, -0.15) is 0 Å². The Morgan fingerprint density at radius 2 is 1.72 bits per heavy atom. The number of carbonyl (C=O) groups excluding carboxylic acids is 2. The third-order valence-electron chi connectivity index (χ3n) is 5.44. The SMILES string of the molecule is CCN1C(=O)C(=Cc2ccc(OCc3ccc(OC)cc3)cc2)SC1=Nc1cccc(C(=O)OC)c1. The number of thioether (sulfide) groups is 1. The minimum atomic E-state index is -0.434. The summed E-state index contributed by atoms with van der Waals surface area (Å²) in [6, 6.07) is 22.1. The molecule has 0 saturated carbocycles. The lowest BCUT2D eigenvalue weighted by Gasteiger charge is -2.12.